The third-order valence-electron chi connectivity index (χ3n) is 5.08. The molecule has 0 saturated carbocycles. The van der Waals surface area contributed by atoms with E-state index in [1.165, 1.54) is 30.4 Å². The first-order chi connectivity index (χ1) is 12.4. The highest BCUT2D eigenvalue weighted by Crippen LogP contribution is 2.33. The van der Waals surface area contributed by atoms with Crippen LogP contribution in [-0.2, 0) is 0 Å². The molecular formula is C24H33ClO. The molecule has 0 aliphatic rings. The van der Waals surface area contributed by atoms with Crippen LogP contribution in [-0.4, -0.2) is 6.10 Å². The van der Waals surface area contributed by atoms with E-state index in [-0.39, 0.29) is 6.10 Å². The van der Waals surface area contributed by atoms with Crippen molar-refractivity contribution in [3.05, 3.63) is 64.7 Å². The van der Waals surface area contributed by atoms with Crippen molar-refractivity contribution in [1.29, 1.82) is 0 Å². The molecule has 0 aliphatic heterocycles. The summed E-state index contributed by atoms with van der Waals surface area (Å²) >= 11 is 5.99. The maximum absolute atomic E-state index is 5.99. The number of hydrogen-bond acceptors (Lipinski definition) is 1. The lowest BCUT2D eigenvalue weighted by Gasteiger charge is -2.23. The van der Waals surface area contributed by atoms with E-state index in [9.17, 15) is 0 Å². The molecular weight excluding hydrogens is 340 g/mol. The van der Waals surface area contributed by atoms with E-state index in [0.717, 1.165) is 10.8 Å². The zero-order valence-electron chi connectivity index (χ0n) is 16.8. The topological polar surface area (TPSA) is 9.23 Å². The molecule has 0 N–H and O–H groups in total. The summed E-state index contributed by atoms with van der Waals surface area (Å²) in [5, 5.41) is 0.811. The van der Waals surface area contributed by atoms with Gasteiger partial charge >= 0.3 is 0 Å². The van der Waals surface area contributed by atoms with Gasteiger partial charge in [-0.15, -0.1) is 0 Å². The summed E-state index contributed by atoms with van der Waals surface area (Å²) in [5.41, 5.74) is 2.81. The van der Waals surface area contributed by atoms with Crippen molar-refractivity contribution in [2.75, 3.05) is 0 Å². The molecule has 1 nitrogen and oxygen atoms in total. The van der Waals surface area contributed by atoms with Crippen LogP contribution in [0.15, 0.2) is 48.5 Å². The molecule has 2 unspecified atom stereocenters. The fourth-order valence-electron chi connectivity index (χ4n) is 3.55. The Bertz CT molecular complexity index is 643. The van der Waals surface area contributed by atoms with Crippen molar-refractivity contribution in [2.24, 2.45) is 5.92 Å². The molecule has 2 rings (SSSR count). The van der Waals surface area contributed by atoms with Gasteiger partial charge in [0.1, 0.15) is 5.75 Å². The Morgan fingerprint density at radius 1 is 0.769 bits per heavy atom. The van der Waals surface area contributed by atoms with Crippen LogP contribution in [0.4, 0.5) is 0 Å². The summed E-state index contributed by atoms with van der Waals surface area (Å²) < 4.78 is 5.77. The van der Waals surface area contributed by atoms with Crippen LogP contribution in [0.1, 0.15) is 76.8 Å². The number of ether oxygens (including phenoxy) is 1. The van der Waals surface area contributed by atoms with Crippen LogP contribution < -0.4 is 4.74 Å². The fourth-order valence-corrected chi connectivity index (χ4v) is 3.68. The molecule has 0 aliphatic carbocycles. The van der Waals surface area contributed by atoms with E-state index in [1.807, 2.05) is 12.1 Å². The minimum absolute atomic E-state index is 0.219. The standard InChI is InChI=1S/C24H33ClO/c1-17(2)24(21-11-15-23(16-12-21)26-18(3)4)8-6-7-19(5)20-9-13-22(25)14-10-20/h9-19,24H,6-8H2,1-5H3. The first-order valence-electron chi connectivity index (χ1n) is 9.89. The van der Waals surface area contributed by atoms with Gasteiger partial charge in [-0.2, -0.15) is 0 Å². The van der Waals surface area contributed by atoms with E-state index >= 15 is 0 Å². The summed E-state index contributed by atoms with van der Waals surface area (Å²) in [7, 11) is 0. The summed E-state index contributed by atoms with van der Waals surface area (Å²) in [4.78, 5) is 0. The number of benzene rings is 2. The molecule has 2 atom stereocenters. The van der Waals surface area contributed by atoms with E-state index in [4.69, 9.17) is 16.3 Å². The number of hydrogen-bond donors (Lipinski definition) is 0. The van der Waals surface area contributed by atoms with Gasteiger partial charge in [0.05, 0.1) is 6.10 Å². The maximum Gasteiger partial charge on any atom is 0.119 e. The highest BCUT2D eigenvalue weighted by atomic mass is 35.5. The summed E-state index contributed by atoms with van der Waals surface area (Å²) in [6.45, 7) is 11.1. The first-order valence-corrected chi connectivity index (χ1v) is 10.3. The predicted octanol–water partition coefficient (Wildman–Crippen LogP) is 7.84. The van der Waals surface area contributed by atoms with Gasteiger partial charge in [0, 0.05) is 5.02 Å². The van der Waals surface area contributed by atoms with Crippen molar-refractivity contribution in [3.63, 3.8) is 0 Å². The lowest BCUT2D eigenvalue weighted by atomic mass is 9.83. The van der Waals surface area contributed by atoms with E-state index in [0.29, 0.717) is 17.8 Å². The number of rotatable bonds is 9. The van der Waals surface area contributed by atoms with Gasteiger partial charge in [0.25, 0.3) is 0 Å². The summed E-state index contributed by atoms with van der Waals surface area (Å²) in [6, 6.07) is 17.0. The normalized spacial score (nSPS) is 13.8. The lowest BCUT2D eigenvalue weighted by molar-refractivity contribution is 0.242. The second kappa shape index (κ2) is 10.0. The van der Waals surface area contributed by atoms with Crippen molar-refractivity contribution >= 4 is 11.6 Å². The Labute approximate surface area is 164 Å². The van der Waals surface area contributed by atoms with Crippen LogP contribution in [0.25, 0.3) is 0 Å². The van der Waals surface area contributed by atoms with E-state index in [1.54, 1.807) is 0 Å². The minimum atomic E-state index is 0.219. The smallest absolute Gasteiger partial charge is 0.119 e. The molecule has 0 fully saturated rings. The Morgan fingerprint density at radius 2 is 1.35 bits per heavy atom. The molecule has 2 aromatic rings. The Kier molecular flexibility index (Phi) is 8.03. The highest BCUT2D eigenvalue weighted by molar-refractivity contribution is 6.30. The Hall–Kier alpha value is -1.47. The zero-order chi connectivity index (χ0) is 19.1. The van der Waals surface area contributed by atoms with Gasteiger partial charge in [-0.05, 0) is 79.8 Å². The molecule has 0 aromatic heterocycles. The van der Waals surface area contributed by atoms with Gasteiger partial charge < -0.3 is 4.74 Å². The first kappa shape index (κ1) is 20.8. The van der Waals surface area contributed by atoms with E-state index < -0.39 is 0 Å². The third kappa shape index (κ3) is 6.36. The summed E-state index contributed by atoms with van der Waals surface area (Å²) in [6.07, 6.45) is 3.88. The predicted molar refractivity (Wildman–Crippen MR) is 114 cm³/mol. The SMILES string of the molecule is CC(C)Oc1ccc(C(CCCC(C)c2ccc(Cl)cc2)C(C)C)cc1. The Balaban J connectivity index is 1.92. The van der Waals surface area contributed by atoms with Gasteiger partial charge in [-0.1, -0.05) is 63.1 Å². The number of halogens is 1. The van der Waals surface area contributed by atoms with Crippen molar-refractivity contribution in [2.45, 2.75) is 71.8 Å². The maximum atomic E-state index is 5.99. The second-order valence-electron chi connectivity index (χ2n) is 7.97. The molecule has 0 saturated heterocycles. The van der Waals surface area contributed by atoms with Gasteiger partial charge in [-0.3, -0.25) is 0 Å². The van der Waals surface area contributed by atoms with Crippen LogP contribution in [0, 0.1) is 5.92 Å². The van der Waals surface area contributed by atoms with Crippen LogP contribution >= 0.6 is 11.6 Å². The van der Waals surface area contributed by atoms with Crippen molar-refractivity contribution in [3.8, 4) is 5.75 Å². The molecule has 142 valence electrons. The third-order valence-corrected chi connectivity index (χ3v) is 5.33. The molecule has 2 heteroatoms. The zero-order valence-corrected chi connectivity index (χ0v) is 17.6. The lowest BCUT2D eigenvalue weighted by Crippen LogP contribution is -2.09. The molecule has 0 amide bonds. The largest absolute Gasteiger partial charge is 0.491 e. The van der Waals surface area contributed by atoms with Gasteiger partial charge in [0.2, 0.25) is 0 Å². The molecule has 2 aromatic carbocycles. The Morgan fingerprint density at radius 3 is 1.88 bits per heavy atom. The molecule has 26 heavy (non-hydrogen) atoms. The van der Waals surface area contributed by atoms with Crippen LogP contribution in [0.2, 0.25) is 5.02 Å². The molecule has 0 bridgehead atoms. The van der Waals surface area contributed by atoms with Crippen LogP contribution in [0.3, 0.4) is 0 Å². The quantitative estimate of drug-likeness (QED) is 0.435. The van der Waals surface area contributed by atoms with Crippen molar-refractivity contribution in [1.82, 2.24) is 0 Å². The highest BCUT2D eigenvalue weighted by Gasteiger charge is 2.17. The average molecular weight is 373 g/mol. The van der Waals surface area contributed by atoms with Crippen molar-refractivity contribution < 1.29 is 4.74 Å². The monoisotopic (exact) mass is 372 g/mol. The minimum Gasteiger partial charge on any atom is -0.491 e. The fraction of sp³-hybridized carbons (Fsp3) is 0.500. The van der Waals surface area contributed by atoms with E-state index in [2.05, 4.69) is 71.0 Å². The van der Waals surface area contributed by atoms with Gasteiger partial charge in [0.15, 0.2) is 0 Å². The molecule has 0 spiro atoms. The second-order valence-corrected chi connectivity index (χ2v) is 8.41. The molecule has 0 heterocycles. The van der Waals surface area contributed by atoms with Gasteiger partial charge in [-0.25, -0.2) is 0 Å². The summed E-state index contributed by atoms with van der Waals surface area (Å²) in [5.74, 6) is 2.77. The van der Waals surface area contributed by atoms with Crippen LogP contribution in [0.5, 0.6) is 5.75 Å². The molecule has 0 radical (unpaired) electrons. The average Bonchev–Trinajstić information content (AvgIpc) is 2.59.